The van der Waals surface area contributed by atoms with Gasteiger partial charge in [0.15, 0.2) is 0 Å². The molecule has 1 N–H and O–H groups in total. The van der Waals surface area contributed by atoms with Crippen molar-refractivity contribution in [3.05, 3.63) is 34.6 Å². The lowest BCUT2D eigenvalue weighted by Gasteiger charge is -2.34. The van der Waals surface area contributed by atoms with Gasteiger partial charge in [-0.05, 0) is 44.7 Å². The highest BCUT2D eigenvalue weighted by Gasteiger charge is 2.37. The number of alkyl halides is 3. The molecule has 0 bridgehead atoms. The fourth-order valence-corrected chi connectivity index (χ4v) is 6.21. The Morgan fingerprint density at radius 1 is 1.21 bits per heavy atom. The van der Waals surface area contributed by atoms with E-state index in [2.05, 4.69) is 32.1 Å². The second kappa shape index (κ2) is 11.6. The molecule has 2 fully saturated rings. The van der Waals surface area contributed by atoms with Crippen molar-refractivity contribution in [1.82, 2.24) is 19.2 Å². The van der Waals surface area contributed by atoms with E-state index in [-0.39, 0.29) is 30.0 Å². The molecule has 14 heteroatoms. The average Bonchev–Trinajstić information content (AvgIpc) is 3.31. The van der Waals surface area contributed by atoms with Gasteiger partial charge in [0.05, 0.1) is 41.0 Å². The Bertz CT molecular complexity index is 1290. The maximum atomic E-state index is 13.8. The summed E-state index contributed by atoms with van der Waals surface area (Å²) in [4.78, 5) is 12.6. The van der Waals surface area contributed by atoms with Gasteiger partial charge in [-0.1, -0.05) is 11.6 Å². The quantitative estimate of drug-likeness (QED) is 0.488. The molecule has 9 nitrogen and oxygen atoms in total. The summed E-state index contributed by atoms with van der Waals surface area (Å²) >= 11 is 6.61. The minimum absolute atomic E-state index is 0.0116. The summed E-state index contributed by atoms with van der Waals surface area (Å²) in [6.45, 7) is 3.40. The molecule has 1 saturated carbocycles. The summed E-state index contributed by atoms with van der Waals surface area (Å²) in [7, 11) is 1.68. The zero-order valence-electron chi connectivity index (χ0n) is 22.4. The van der Waals surface area contributed by atoms with Crippen LogP contribution in [0.3, 0.4) is 0 Å². The number of nitrogens with one attached hydrogen (secondary N) is 1. The maximum absolute atomic E-state index is 13.8. The number of piperazine rings is 1. The number of likely N-dealkylation sites (N-methyl/N-ethyl adjacent to an activating group) is 1. The summed E-state index contributed by atoms with van der Waals surface area (Å²) in [6.07, 6.45) is -1.01. The zero-order valence-corrected chi connectivity index (χ0v) is 24.0. The van der Waals surface area contributed by atoms with E-state index in [1.807, 2.05) is 0 Å². The van der Waals surface area contributed by atoms with E-state index < -0.39 is 21.8 Å². The molecule has 2 aliphatic rings. The van der Waals surface area contributed by atoms with Crippen molar-refractivity contribution in [2.45, 2.75) is 37.9 Å². The smallest absolute Gasteiger partial charge is 0.419 e. The van der Waals surface area contributed by atoms with Crippen LogP contribution in [0.1, 0.15) is 30.5 Å². The van der Waals surface area contributed by atoms with Gasteiger partial charge in [-0.25, -0.2) is 22.7 Å². The summed E-state index contributed by atoms with van der Waals surface area (Å²) in [5.74, 6) is 0.304. The van der Waals surface area contributed by atoms with Gasteiger partial charge in [0.25, 0.3) is 0 Å². The topological polar surface area (TPSA) is 90.9 Å². The van der Waals surface area contributed by atoms with Crippen LogP contribution in [-0.4, -0.2) is 87.3 Å². The Hall–Kier alpha value is -2.35. The van der Waals surface area contributed by atoms with E-state index in [4.69, 9.17) is 16.3 Å². The lowest BCUT2D eigenvalue weighted by atomic mass is 9.98. The molecule has 0 unspecified atom stereocenters. The van der Waals surface area contributed by atoms with E-state index in [1.54, 1.807) is 12.1 Å². The van der Waals surface area contributed by atoms with E-state index >= 15 is 0 Å². The zero-order chi connectivity index (χ0) is 28.5. The molecule has 2 atom stereocenters. The Morgan fingerprint density at radius 3 is 2.51 bits per heavy atom. The van der Waals surface area contributed by atoms with Crippen LogP contribution in [0.4, 0.5) is 30.5 Å². The van der Waals surface area contributed by atoms with Crippen molar-refractivity contribution in [2.75, 3.05) is 63.9 Å². The van der Waals surface area contributed by atoms with Gasteiger partial charge in [0, 0.05) is 51.5 Å². The lowest BCUT2D eigenvalue weighted by Crippen LogP contribution is -2.44. The molecule has 1 aromatic carbocycles. The van der Waals surface area contributed by atoms with Gasteiger partial charge in [0.1, 0.15) is 5.75 Å². The molecule has 0 radical (unpaired) electrons. The third-order valence-electron chi connectivity index (χ3n) is 7.57. The van der Waals surface area contributed by atoms with E-state index in [9.17, 15) is 21.6 Å². The molecule has 4 rings (SSSR count). The monoisotopic (exact) mass is 590 g/mol. The van der Waals surface area contributed by atoms with E-state index in [1.165, 1.54) is 18.5 Å². The molecule has 216 valence electrons. The molecule has 39 heavy (non-hydrogen) atoms. The summed E-state index contributed by atoms with van der Waals surface area (Å²) in [6, 6.07) is 3.22. The number of halogens is 4. The predicted octanol–water partition coefficient (Wildman–Crippen LogP) is 4.26. The first-order valence-electron chi connectivity index (χ1n) is 12.7. The predicted molar refractivity (Wildman–Crippen MR) is 145 cm³/mol. The van der Waals surface area contributed by atoms with Gasteiger partial charge < -0.3 is 19.9 Å². The van der Waals surface area contributed by atoms with Crippen LogP contribution in [0.5, 0.6) is 5.75 Å². The molecule has 1 aliphatic heterocycles. The minimum atomic E-state index is -4.62. The van der Waals surface area contributed by atoms with Crippen molar-refractivity contribution in [3.63, 3.8) is 0 Å². The maximum Gasteiger partial charge on any atom is 0.419 e. The third-order valence-corrected chi connectivity index (χ3v) is 9.21. The standard InChI is InChI=1S/C25H34ClF3N6O3S/c1-33-7-9-35(10-8-33)22-14-23(38-3)21(13-19(22)26)32-24-30-15-18(25(27,28)29)20(31-24)12-16-5-6-17(11-16)34(2)39(4,36)37/h13-17H,5-12H2,1-4H3,(H,30,31,32)/t16-,17-/m1/s1. The van der Waals surface area contributed by atoms with Gasteiger partial charge in [0.2, 0.25) is 16.0 Å². The van der Waals surface area contributed by atoms with Crippen molar-refractivity contribution in [3.8, 4) is 5.75 Å². The number of rotatable bonds is 8. The molecule has 1 saturated heterocycles. The van der Waals surface area contributed by atoms with Gasteiger partial charge in [-0.15, -0.1) is 0 Å². The van der Waals surface area contributed by atoms with Crippen LogP contribution in [0.15, 0.2) is 18.3 Å². The molecule has 2 aromatic rings. The molecule has 1 aliphatic carbocycles. The number of hydrogen-bond donors (Lipinski definition) is 1. The minimum Gasteiger partial charge on any atom is -0.494 e. The third kappa shape index (κ3) is 7.05. The van der Waals surface area contributed by atoms with Gasteiger partial charge >= 0.3 is 6.18 Å². The first-order chi connectivity index (χ1) is 18.3. The van der Waals surface area contributed by atoms with E-state index in [0.717, 1.165) is 44.3 Å². The first-order valence-corrected chi connectivity index (χ1v) is 14.9. The number of nitrogens with zero attached hydrogens (tertiary/aromatic N) is 5. The molecule has 2 heterocycles. The Labute approximate surface area is 232 Å². The Balaban J connectivity index is 1.57. The van der Waals surface area contributed by atoms with Gasteiger partial charge in [-0.3, -0.25) is 0 Å². The summed E-state index contributed by atoms with van der Waals surface area (Å²) < 4.78 is 72.2. The van der Waals surface area contributed by atoms with Crippen molar-refractivity contribution >= 4 is 38.9 Å². The van der Waals surface area contributed by atoms with Crippen LogP contribution < -0.4 is 15.0 Å². The van der Waals surface area contributed by atoms with Crippen molar-refractivity contribution in [1.29, 1.82) is 0 Å². The van der Waals surface area contributed by atoms with Crippen molar-refractivity contribution < 1.29 is 26.3 Å². The molecular formula is C25H34ClF3N6O3S. The highest BCUT2D eigenvalue weighted by atomic mass is 35.5. The SMILES string of the molecule is COc1cc(N2CCN(C)CC2)c(Cl)cc1Nc1ncc(C(F)(F)F)c(C[C@@H]2CC[C@@H](N(C)S(C)(=O)=O)C2)n1. The van der Waals surface area contributed by atoms with Gasteiger partial charge in [-0.2, -0.15) is 13.2 Å². The van der Waals surface area contributed by atoms with Crippen LogP contribution in [0, 0.1) is 5.92 Å². The number of benzene rings is 1. The number of aromatic nitrogens is 2. The van der Waals surface area contributed by atoms with Crippen LogP contribution >= 0.6 is 11.6 Å². The fraction of sp³-hybridized carbons (Fsp3) is 0.600. The highest BCUT2D eigenvalue weighted by Crippen LogP contribution is 2.40. The highest BCUT2D eigenvalue weighted by molar-refractivity contribution is 7.88. The molecule has 1 aromatic heterocycles. The fourth-order valence-electron chi connectivity index (χ4n) is 5.20. The summed E-state index contributed by atoms with van der Waals surface area (Å²) in [5, 5.41) is 3.45. The molecular weight excluding hydrogens is 557 g/mol. The van der Waals surface area contributed by atoms with Crippen LogP contribution in [-0.2, 0) is 22.6 Å². The Kier molecular flexibility index (Phi) is 8.84. The normalized spacial score (nSPS) is 21.0. The lowest BCUT2D eigenvalue weighted by molar-refractivity contribution is -0.138. The number of anilines is 3. The van der Waals surface area contributed by atoms with Crippen LogP contribution in [0.25, 0.3) is 0 Å². The largest absolute Gasteiger partial charge is 0.494 e. The Morgan fingerprint density at radius 2 is 1.90 bits per heavy atom. The molecule has 0 amide bonds. The second-order valence-corrected chi connectivity index (χ2v) is 12.7. The van der Waals surface area contributed by atoms with Crippen LogP contribution in [0.2, 0.25) is 5.02 Å². The summed E-state index contributed by atoms with van der Waals surface area (Å²) in [5.41, 5.74) is 0.216. The molecule has 0 spiro atoms. The second-order valence-electron chi connectivity index (χ2n) is 10.3. The number of sulfonamides is 1. The van der Waals surface area contributed by atoms with E-state index in [0.29, 0.717) is 35.7 Å². The number of ether oxygens (including phenoxy) is 1. The van der Waals surface area contributed by atoms with Crippen molar-refractivity contribution in [2.24, 2.45) is 5.92 Å². The number of hydrogen-bond acceptors (Lipinski definition) is 8. The average molecular weight is 591 g/mol. The number of methoxy groups -OCH3 is 1. The first kappa shape index (κ1) is 29.6.